The minimum Gasteiger partial charge on any atom is -0.383 e. The van der Waals surface area contributed by atoms with E-state index in [-0.39, 0.29) is 0 Å². The third-order valence-corrected chi connectivity index (χ3v) is 3.83. The van der Waals surface area contributed by atoms with Crippen molar-refractivity contribution >= 4 is 27.4 Å². The maximum absolute atomic E-state index is 6.24. The summed E-state index contributed by atoms with van der Waals surface area (Å²) in [6.45, 7) is 0.532. The van der Waals surface area contributed by atoms with Crippen LogP contribution >= 0.6 is 15.9 Å². The third kappa shape index (κ3) is 2.09. The number of anilines is 1. The molecule has 0 saturated carbocycles. The lowest BCUT2D eigenvalue weighted by Gasteiger charge is -2.07. The molecule has 5 heteroatoms. The largest absolute Gasteiger partial charge is 0.383 e. The van der Waals surface area contributed by atoms with Crippen molar-refractivity contribution < 1.29 is 4.74 Å². The molecule has 0 aliphatic rings. The van der Waals surface area contributed by atoms with E-state index in [9.17, 15) is 0 Å². The van der Waals surface area contributed by atoms with Crippen molar-refractivity contribution in [3.05, 3.63) is 52.6 Å². The van der Waals surface area contributed by atoms with Gasteiger partial charge in [0, 0.05) is 18.9 Å². The Kier molecular flexibility index (Phi) is 3.46. The number of halogens is 1. The molecule has 2 aromatic heterocycles. The van der Waals surface area contributed by atoms with E-state index in [2.05, 4.69) is 20.9 Å². The maximum atomic E-state index is 6.24. The number of hydrogen-bond donors (Lipinski definition) is 1. The molecule has 0 saturated heterocycles. The molecule has 102 valence electrons. The first-order chi connectivity index (χ1) is 9.72. The topological polar surface area (TPSA) is 52.5 Å². The van der Waals surface area contributed by atoms with Gasteiger partial charge in [0.1, 0.15) is 11.5 Å². The maximum Gasteiger partial charge on any atom is 0.153 e. The average molecular weight is 332 g/mol. The third-order valence-electron chi connectivity index (χ3n) is 3.21. The van der Waals surface area contributed by atoms with Gasteiger partial charge >= 0.3 is 0 Å². The van der Waals surface area contributed by atoms with Crippen molar-refractivity contribution in [2.45, 2.75) is 6.61 Å². The molecule has 0 unspecified atom stereocenters. The van der Waals surface area contributed by atoms with E-state index in [1.165, 1.54) is 0 Å². The summed E-state index contributed by atoms with van der Waals surface area (Å²) < 4.78 is 8.04. The molecule has 2 heterocycles. The Morgan fingerprint density at radius 1 is 1.25 bits per heavy atom. The minimum absolute atomic E-state index is 0.532. The molecule has 2 N–H and O–H groups in total. The fraction of sp³-hybridized carbons (Fsp3) is 0.133. The zero-order chi connectivity index (χ0) is 14.1. The first-order valence-electron chi connectivity index (χ1n) is 6.21. The van der Waals surface area contributed by atoms with Crippen LogP contribution in [0.1, 0.15) is 5.56 Å². The number of hydrogen-bond acceptors (Lipinski definition) is 3. The molecule has 20 heavy (non-hydrogen) atoms. The quantitative estimate of drug-likeness (QED) is 0.799. The highest BCUT2D eigenvalue weighted by Crippen LogP contribution is 2.31. The van der Waals surface area contributed by atoms with Gasteiger partial charge in [-0.05, 0) is 33.6 Å². The lowest BCUT2D eigenvalue weighted by molar-refractivity contribution is 0.185. The molecule has 0 aliphatic carbocycles. The van der Waals surface area contributed by atoms with Gasteiger partial charge in [-0.15, -0.1) is 0 Å². The second kappa shape index (κ2) is 5.26. The van der Waals surface area contributed by atoms with E-state index >= 15 is 0 Å². The summed E-state index contributed by atoms with van der Waals surface area (Å²) in [5.41, 5.74) is 9.91. The van der Waals surface area contributed by atoms with Crippen molar-refractivity contribution in [3.8, 4) is 11.3 Å². The van der Waals surface area contributed by atoms with Crippen LogP contribution in [0.2, 0.25) is 0 Å². The molecule has 4 nitrogen and oxygen atoms in total. The van der Waals surface area contributed by atoms with Crippen molar-refractivity contribution in [1.82, 2.24) is 9.38 Å². The van der Waals surface area contributed by atoms with E-state index < -0.39 is 0 Å². The molecule has 3 rings (SSSR count). The first-order valence-corrected chi connectivity index (χ1v) is 7.01. The predicted octanol–water partition coefficient (Wildman–Crippen LogP) is 3.49. The van der Waals surface area contributed by atoms with Crippen LogP contribution in [0.4, 0.5) is 5.82 Å². The molecule has 0 atom stereocenters. The Labute approximate surface area is 125 Å². The average Bonchev–Trinajstić information content (AvgIpc) is 2.79. The SMILES string of the molecule is COCc1ccccc1-c1nc2c(Br)cccn2c1N. The fourth-order valence-corrected chi connectivity index (χ4v) is 2.72. The van der Waals surface area contributed by atoms with Crippen LogP contribution in [0.5, 0.6) is 0 Å². The number of methoxy groups -OCH3 is 1. The smallest absolute Gasteiger partial charge is 0.153 e. The van der Waals surface area contributed by atoms with Gasteiger partial charge in [0.05, 0.1) is 11.1 Å². The summed E-state index contributed by atoms with van der Waals surface area (Å²) in [5, 5.41) is 0. The normalized spacial score (nSPS) is 11.1. The van der Waals surface area contributed by atoms with Crippen LogP contribution in [0.15, 0.2) is 47.1 Å². The number of pyridine rings is 1. The number of imidazole rings is 1. The highest BCUT2D eigenvalue weighted by Gasteiger charge is 2.15. The highest BCUT2D eigenvalue weighted by atomic mass is 79.9. The number of benzene rings is 1. The van der Waals surface area contributed by atoms with Crippen molar-refractivity contribution in [2.75, 3.05) is 12.8 Å². The van der Waals surface area contributed by atoms with Crippen LogP contribution < -0.4 is 5.73 Å². The predicted molar refractivity (Wildman–Crippen MR) is 83.5 cm³/mol. The van der Waals surface area contributed by atoms with E-state index in [0.717, 1.165) is 26.9 Å². The molecule has 0 spiro atoms. The Morgan fingerprint density at radius 2 is 2.05 bits per heavy atom. The summed E-state index contributed by atoms with van der Waals surface area (Å²) in [6.07, 6.45) is 1.91. The van der Waals surface area contributed by atoms with Gasteiger partial charge in [-0.2, -0.15) is 0 Å². The van der Waals surface area contributed by atoms with E-state index in [0.29, 0.717) is 12.4 Å². The number of ether oxygens (including phenoxy) is 1. The van der Waals surface area contributed by atoms with Crippen molar-refractivity contribution in [1.29, 1.82) is 0 Å². The molecule has 0 fully saturated rings. The number of rotatable bonds is 3. The molecule has 0 aliphatic heterocycles. The Bertz CT molecular complexity index is 767. The van der Waals surface area contributed by atoms with Gasteiger partial charge in [-0.25, -0.2) is 4.98 Å². The first kappa shape index (κ1) is 13.1. The van der Waals surface area contributed by atoms with Crippen LogP contribution in [0.25, 0.3) is 16.9 Å². The monoisotopic (exact) mass is 331 g/mol. The summed E-state index contributed by atoms with van der Waals surface area (Å²) in [7, 11) is 1.68. The van der Waals surface area contributed by atoms with Crippen LogP contribution in [0, 0.1) is 0 Å². The molecule has 1 aromatic carbocycles. The van der Waals surface area contributed by atoms with Crippen molar-refractivity contribution in [3.63, 3.8) is 0 Å². The lowest BCUT2D eigenvalue weighted by Crippen LogP contribution is -1.96. The van der Waals surface area contributed by atoms with Crippen LogP contribution in [0.3, 0.4) is 0 Å². The van der Waals surface area contributed by atoms with Crippen molar-refractivity contribution in [2.24, 2.45) is 0 Å². The fourth-order valence-electron chi connectivity index (χ4n) is 2.28. The number of nitrogens with zero attached hydrogens (tertiary/aromatic N) is 2. The van der Waals surface area contributed by atoms with E-state index in [1.54, 1.807) is 7.11 Å². The Balaban J connectivity index is 2.25. The van der Waals surface area contributed by atoms with Gasteiger partial charge in [0.25, 0.3) is 0 Å². The zero-order valence-corrected chi connectivity index (χ0v) is 12.6. The summed E-state index contributed by atoms with van der Waals surface area (Å²) in [6, 6.07) is 11.9. The minimum atomic E-state index is 0.532. The lowest BCUT2D eigenvalue weighted by atomic mass is 10.1. The van der Waals surface area contributed by atoms with Gasteiger partial charge in [-0.1, -0.05) is 24.3 Å². The molecule has 0 amide bonds. The summed E-state index contributed by atoms with van der Waals surface area (Å²) in [5.74, 6) is 0.629. The van der Waals surface area contributed by atoms with E-state index in [4.69, 9.17) is 10.5 Å². The van der Waals surface area contributed by atoms with Crippen LogP contribution in [-0.4, -0.2) is 16.5 Å². The van der Waals surface area contributed by atoms with Gasteiger partial charge in [0.15, 0.2) is 5.65 Å². The second-order valence-corrected chi connectivity index (χ2v) is 5.34. The standard InChI is InChI=1S/C15H14BrN3O/c1-20-9-10-5-2-3-6-11(10)13-14(17)19-8-4-7-12(16)15(19)18-13/h2-8H,9,17H2,1H3. The zero-order valence-electron chi connectivity index (χ0n) is 11.0. The van der Waals surface area contributed by atoms with Gasteiger partial charge < -0.3 is 10.5 Å². The van der Waals surface area contributed by atoms with Gasteiger partial charge in [0.2, 0.25) is 0 Å². The highest BCUT2D eigenvalue weighted by molar-refractivity contribution is 9.10. The molecule has 3 aromatic rings. The number of fused-ring (bicyclic) bond motifs is 1. The number of nitrogen functional groups attached to an aromatic ring is 1. The summed E-state index contributed by atoms with van der Waals surface area (Å²) >= 11 is 3.50. The molecule has 0 bridgehead atoms. The number of nitrogens with two attached hydrogens (primary N) is 1. The Hall–Kier alpha value is -1.85. The van der Waals surface area contributed by atoms with E-state index in [1.807, 2.05) is 47.0 Å². The van der Waals surface area contributed by atoms with Crippen LogP contribution in [-0.2, 0) is 11.3 Å². The molecular formula is C15H14BrN3O. The summed E-state index contributed by atoms with van der Waals surface area (Å²) in [4.78, 5) is 4.66. The number of aromatic nitrogens is 2. The molecular weight excluding hydrogens is 318 g/mol. The molecule has 0 radical (unpaired) electrons. The Morgan fingerprint density at radius 3 is 2.80 bits per heavy atom. The second-order valence-electron chi connectivity index (χ2n) is 4.49. The van der Waals surface area contributed by atoms with Gasteiger partial charge in [-0.3, -0.25) is 4.40 Å².